The molecular formula is C30H37ClFN7O4S. The molecular weight excluding hydrogens is 609 g/mol. The van der Waals surface area contributed by atoms with Crippen molar-refractivity contribution < 1.29 is 23.5 Å². The number of thioether (sulfide) groups is 1. The van der Waals surface area contributed by atoms with Crippen molar-refractivity contribution in [1.29, 1.82) is 0 Å². The van der Waals surface area contributed by atoms with Crippen molar-refractivity contribution in [3.63, 3.8) is 0 Å². The van der Waals surface area contributed by atoms with Gasteiger partial charge in [0.05, 0.1) is 22.3 Å². The number of nitrogens with zero attached hydrogens (tertiary/aromatic N) is 7. The summed E-state index contributed by atoms with van der Waals surface area (Å²) in [6, 6.07) is 1.33. The van der Waals surface area contributed by atoms with Crippen LogP contribution in [0, 0.1) is 5.82 Å². The highest BCUT2D eigenvalue weighted by atomic mass is 35.5. The summed E-state index contributed by atoms with van der Waals surface area (Å²) in [5.74, 6) is 0.129. The normalized spacial score (nSPS) is 19.3. The highest BCUT2D eigenvalue weighted by molar-refractivity contribution is 7.98. The van der Waals surface area contributed by atoms with Gasteiger partial charge < -0.3 is 19.3 Å². The van der Waals surface area contributed by atoms with Gasteiger partial charge in [0.1, 0.15) is 23.1 Å². The Kier molecular flexibility index (Phi) is 8.64. The second-order valence-electron chi connectivity index (χ2n) is 12.2. The quantitative estimate of drug-likeness (QED) is 0.261. The maximum atomic E-state index is 15.3. The number of aromatic nitrogens is 4. The molecule has 5 heterocycles. The van der Waals surface area contributed by atoms with E-state index >= 15 is 4.39 Å². The van der Waals surface area contributed by atoms with Gasteiger partial charge in [0.15, 0.2) is 11.4 Å². The molecule has 6 rings (SSSR count). The molecule has 11 nitrogen and oxygen atoms in total. The van der Waals surface area contributed by atoms with Gasteiger partial charge in [-0.25, -0.2) is 23.8 Å². The number of piperazine rings is 1. The van der Waals surface area contributed by atoms with E-state index < -0.39 is 17.3 Å². The number of anilines is 2. The molecule has 1 atom stereocenters. The van der Waals surface area contributed by atoms with E-state index in [-0.39, 0.29) is 22.9 Å². The van der Waals surface area contributed by atoms with Crippen LogP contribution in [0.15, 0.2) is 17.4 Å². The predicted molar refractivity (Wildman–Crippen MR) is 167 cm³/mol. The lowest BCUT2D eigenvalue weighted by molar-refractivity contribution is -0.0367. The summed E-state index contributed by atoms with van der Waals surface area (Å²) < 4.78 is 28.4. The largest absolute Gasteiger partial charge is 0.444 e. The average molecular weight is 646 g/mol. The van der Waals surface area contributed by atoms with E-state index in [9.17, 15) is 9.59 Å². The third kappa shape index (κ3) is 5.93. The van der Waals surface area contributed by atoms with Crippen molar-refractivity contribution in [3.8, 4) is 0 Å². The topological polar surface area (TPSA) is 106 Å². The lowest BCUT2D eigenvalue weighted by Crippen LogP contribution is -2.50. The number of ether oxygens (including phenoxy) is 2. The van der Waals surface area contributed by atoms with Crippen LogP contribution in [0.4, 0.5) is 20.8 Å². The minimum Gasteiger partial charge on any atom is -0.444 e. The molecule has 2 amide bonds. The van der Waals surface area contributed by atoms with Gasteiger partial charge in [-0.15, -0.1) is 0 Å². The third-order valence-electron chi connectivity index (χ3n) is 8.10. The lowest BCUT2D eigenvalue weighted by Gasteiger charge is -2.38. The first-order valence-electron chi connectivity index (χ1n) is 15.0. The zero-order chi connectivity index (χ0) is 31.2. The van der Waals surface area contributed by atoms with Crippen LogP contribution in [-0.2, 0) is 15.9 Å². The van der Waals surface area contributed by atoms with Gasteiger partial charge in [-0.2, -0.15) is 5.10 Å². The second kappa shape index (κ2) is 12.3. The number of fused-ring (bicyclic) bond motifs is 2. The molecule has 1 aromatic carbocycles. The van der Waals surface area contributed by atoms with Gasteiger partial charge >= 0.3 is 6.09 Å². The van der Waals surface area contributed by atoms with Gasteiger partial charge in [0, 0.05) is 56.3 Å². The Morgan fingerprint density at radius 1 is 1.09 bits per heavy atom. The van der Waals surface area contributed by atoms with E-state index in [1.165, 1.54) is 17.8 Å². The minimum absolute atomic E-state index is 0.0633. The molecule has 3 aliphatic rings. The van der Waals surface area contributed by atoms with Crippen LogP contribution in [0.2, 0.25) is 5.02 Å². The minimum atomic E-state index is -0.687. The van der Waals surface area contributed by atoms with Crippen LogP contribution in [0.1, 0.15) is 68.6 Å². The summed E-state index contributed by atoms with van der Waals surface area (Å²) in [6.45, 7) is 8.64. The Labute approximate surface area is 265 Å². The number of rotatable bonds is 4. The fourth-order valence-electron chi connectivity index (χ4n) is 6.01. The van der Waals surface area contributed by atoms with E-state index in [4.69, 9.17) is 31.0 Å². The van der Waals surface area contributed by atoms with E-state index in [1.54, 1.807) is 20.7 Å². The van der Waals surface area contributed by atoms with E-state index in [1.807, 2.05) is 27.0 Å². The second-order valence-corrected chi connectivity index (χ2v) is 13.4. The Morgan fingerprint density at radius 2 is 1.84 bits per heavy atom. The van der Waals surface area contributed by atoms with Gasteiger partial charge in [-0.3, -0.25) is 9.69 Å². The molecule has 0 spiro atoms. The van der Waals surface area contributed by atoms with Gasteiger partial charge in [0.2, 0.25) is 0 Å². The monoisotopic (exact) mass is 645 g/mol. The Hall–Kier alpha value is -3.16. The molecule has 0 N–H and O–H groups in total. The van der Waals surface area contributed by atoms with Crippen molar-refractivity contribution in [2.45, 2.75) is 69.9 Å². The number of carbonyl (C=O) groups excluding carboxylic acids is 2. The number of halogens is 2. The molecule has 2 fully saturated rings. The van der Waals surface area contributed by atoms with Crippen LogP contribution >= 0.6 is 23.4 Å². The molecule has 0 aliphatic carbocycles. The summed E-state index contributed by atoms with van der Waals surface area (Å²) in [4.78, 5) is 42.0. The number of hydrogen-bond acceptors (Lipinski definition) is 9. The molecule has 236 valence electrons. The van der Waals surface area contributed by atoms with E-state index in [2.05, 4.69) is 10.00 Å². The number of benzene rings is 1. The zero-order valence-corrected chi connectivity index (χ0v) is 27.0. The summed E-state index contributed by atoms with van der Waals surface area (Å²) in [6.07, 6.45) is 6.86. The number of carbonyl (C=O) groups is 2. The van der Waals surface area contributed by atoms with Crippen LogP contribution in [0.25, 0.3) is 10.9 Å². The molecule has 2 saturated heterocycles. The van der Waals surface area contributed by atoms with Crippen molar-refractivity contribution in [2.24, 2.45) is 0 Å². The van der Waals surface area contributed by atoms with Gasteiger partial charge in [0.25, 0.3) is 5.91 Å². The summed E-state index contributed by atoms with van der Waals surface area (Å²) >= 11 is 7.90. The first-order chi connectivity index (χ1) is 21.1. The van der Waals surface area contributed by atoms with Crippen molar-refractivity contribution >= 4 is 57.9 Å². The van der Waals surface area contributed by atoms with Gasteiger partial charge in [-0.05, 0) is 59.1 Å². The van der Waals surface area contributed by atoms with E-state index in [0.717, 1.165) is 30.6 Å². The molecule has 0 bridgehead atoms. The fourth-order valence-corrected chi connectivity index (χ4v) is 6.60. The first-order valence-corrected chi connectivity index (χ1v) is 16.6. The van der Waals surface area contributed by atoms with Crippen LogP contribution < -0.4 is 9.80 Å². The predicted octanol–water partition coefficient (Wildman–Crippen LogP) is 5.69. The zero-order valence-electron chi connectivity index (χ0n) is 25.4. The molecule has 14 heteroatoms. The molecule has 2 aromatic heterocycles. The van der Waals surface area contributed by atoms with Crippen LogP contribution in [-0.4, -0.2) is 87.8 Å². The van der Waals surface area contributed by atoms with E-state index in [0.29, 0.717) is 74.0 Å². The average Bonchev–Trinajstić information content (AvgIpc) is 3.43. The Morgan fingerprint density at radius 3 is 2.52 bits per heavy atom. The third-order valence-corrected chi connectivity index (χ3v) is 9.02. The van der Waals surface area contributed by atoms with Crippen molar-refractivity contribution in [1.82, 2.24) is 24.6 Å². The maximum Gasteiger partial charge on any atom is 0.410 e. The lowest BCUT2D eigenvalue weighted by atomic mass is 10.0. The standard InChI is InChI=1S/C30H37ClFN7O4S/c1-30(2,3)43-29(41)37-13-11-36(12-14-37)25-18-8-7-10-38(26(18)35-28(34-25)44-4)27(40)23-19-17-33-39(22-9-5-6-15-42-22)21(19)16-20(32)24(23)31/h16-17,22H,5-15H2,1-4H3. The highest BCUT2D eigenvalue weighted by Crippen LogP contribution is 2.38. The molecule has 0 radical (unpaired) electrons. The Balaban J connectivity index is 1.33. The van der Waals surface area contributed by atoms with Crippen LogP contribution in [0.3, 0.4) is 0 Å². The molecule has 3 aliphatic heterocycles. The summed E-state index contributed by atoms with van der Waals surface area (Å²) in [5.41, 5.74) is 0.814. The number of hydrogen-bond donors (Lipinski definition) is 0. The molecule has 44 heavy (non-hydrogen) atoms. The van der Waals surface area contributed by atoms with Crippen molar-refractivity contribution in [2.75, 3.05) is 55.4 Å². The maximum absolute atomic E-state index is 15.3. The summed E-state index contributed by atoms with van der Waals surface area (Å²) in [7, 11) is 0. The number of amides is 2. The molecule has 0 saturated carbocycles. The smallest absolute Gasteiger partial charge is 0.410 e. The molecule has 1 unspecified atom stereocenters. The highest BCUT2D eigenvalue weighted by Gasteiger charge is 2.35. The Bertz CT molecular complexity index is 1580. The molecule has 3 aromatic rings. The SMILES string of the molecule is CSc1nc(N2CCN(C(=O)OC(C)(C)C)CC2)c2c(n1)N(C(=O)c1c(Cl)c(F)cc3c1cnn3C1CCCCO1)CCC2. The summed E-state index contributed by atoms with van der Waals surface area (Å²) in [5, 5.41) is 5.25. The van der Waals surface area contributed by atoms with Crippen LogP contribution in [0.5, 0.6) is 0 Å². The first kappa shape index (κ1) is 30.8. The van der Waals surface area contributed by atoms with Crippen molar-refractivity contribution in [3.05, 3.63) is 34.2 Å². The fraction of sp³-hybridized carbons (Fsp3) is 0.567. The van der Waals surface area contributed by atoms with Gasteiger partial charge in [-0.1, -0.05) is 23.4 Å².